The number of halogens is 2. The molecule has 0 unspecified atom stereocenters. The normalized spacial score (nSPS) is 16.2. The summed E-state index contributed by atoms with van der Waals surface area (Å²) in [6.45, 7) is 5.39. The first-order valence-electron chi connectivity index (χ1n) is 12.9. The molecule has 12 heteroatoms. The molecule has 1 aliphatic rings. The molecule has 0 bridgehead atoms. The van der Waals surface area contributed by atoms with Gasteiger partial charge in [0.05, 0.1) is 18.0 Å². The Balaban J connectivity index is 1.76. The highest BCUT2D eigenvalue weighted by molar-refractivity contribution is 9.10. The van der Waals surface area contributed by atoms with Crippen LogP contribution in [0.1, 0.15) is 36.2 Å². The van der Waals surface area contributed by atoms with Crippen molar-refractivity contribution in [3.63, 3.8) is 0 Å². The number of hydrogen-bond donors (Lipinski definition) is 3. The maximum Gasteiger partial charge on any atom is 0.480 e. The van der Waals surface area contributed by atoms with Crippen molar-refractivity contribution >= 4 is 52.4 Å². The molecule has 0 aliphatic carbocycles. The number of benzene rings is 2. The molecule has 2 atom stereocenters. The van der Waals surface area contributed by atoms with Crippen LogP contribution in [-0.4, -0.2) is 79.7 Å². The van der Waals surface area contributed by atoms with Gasteiger partial charge >= 0.3 is 13.1 Å². The Morgan fingerprint density at radius 3 is 2.36 bits per heavy atom. The van der Waals surface area contributed by atoms with Gasteiger partial charge in [-0.25, -0.2) is 0 Å². The molecule has 0 radical (unpaired) electrons. The van der Waals surface area contributed by atoms with Crippen LogP contribution in [0.25, 0.3) is 0 Å². The van der Waals surface area contributed by atoms with Crippen LogP contribution in [0, 0.1) is 5.92 Å². The molecule has 0 saturated carbocycles. The minimum absolute atomic E-state index is 0.0901. The third kappa shape index (κ3) is 10.2. The predicted octanol–water partition coefficient (Wildman–Crippen LogP) is 3.44. The summed E-state index contributed by atoms with van der Waals surface area (Å²) < 4.78 is 12.5. The summed E-state index contributed by atoms with van der Waals surface area (Å²) in [6.07, 6.45) is 0.864. The summed E-state index contributed by atoms with van der Waals surface area (Å²) in [5.41, 5.74) is 1.21. The maximum atomic E-state index is 13.7. The first kappa shape index (κ1) is 31.1. The molecule has 39 heavy (non-hydrogen) atoms. The first-order chi connectivity index (χ1) is 18.6. The second-order valence-electron chi connectivity index (χ2n) is 9.86. The highest BCUT2D eigenvalue weighted by atomic mass is 79.9. The number of aliphatic carboxylic acids is 1. The minimum Gasteiger partial charge on any atom is -0.480 e. The number of nitrogens with one attached hydrogen (secondary N) is 2. The third-order valence-electron chi connectivity index (χ3n) is 6.20. The molecular weight excluding hydrogens is 588 g/mol. The summed E-state index contributed by atoms with van der Waals surface area (Å²) in [6, 6.07) is 13.5. The lowest BCUT2D eigenvalue weighted by Gasteiger charge is -2.31. The number of rotatable bonds is 11. The summed E-state index contributed by atoms with van der Waals surface area (Å²) in [7, 11) is -0.710. The fourth-order valence-electron chi connectivity index (χ4n) is 4.33. The zero-order valence-corrected chi connectivity index (χ0v) is 24.4. The summed E-state index contributed by atoms with van der Waals surface area (Å²) >= 11 is 9.50. The van der Waals surface area contributed by atoms with Crippen molar-refractivity contribution in [2.45, 2.75) is 38.7 Å². The highest BCUT2D eigenvalue weighted by Gasteiger charge is 2.36. The molecule has 3 N–H and O–H groups in total. The Hall–Kier alpha value is -2.44. The second kappa shape index (κ2) is 15.4. The van der Waals surface area contributed by atoms with Crippen LogP contribution in [0.2, 0.25) is 5.02 Å². The quantitative estimate of drug-likeness (QED) is 0.329. The zero-order chi connectivity index (χ0) is 28.4. The monoisotopic (exact) mass is 621 g/mol. The lowest BCUT2D eigenvalue weighted by molar-refractivity contribution is -0.138. The molecular formula is C27H34BBrClN3O6. The van der Waals surface area contributed by atoms with E-state index in [4.69, 9.17) is 26.0 Å². The fourth-order valence-corrected chi connectivity index (χ4v) is 4.93. The predicted molar refractivity (Wildman–Crippen MR) is 154 cm³/mol. The second-order valence-corrected chi connectivity index (χ2v) is 11.2. The van der Waals surface area contributed by atoms with Crippen molar-refractivity contribution in [2.75, 3.05) is 32.8 Å². The lowest BCUT2D eigenvalue weighted by Crippen LogP contribution is -2.57. The SMILES string of the molecule is CC(C)C[C@H](NC(=O)[C@H](Cc1ccccc1)NC(=O)c1cc(Cl)ccc1Br)B1OCCN(CC(=O)O)CCO1. The Kier molecular flexibility index (Phi) is 12.3. The number of carbonyl (C=O) groups is 3. The van der Waals surface area contributed by atoms with E-state index in [9.17, 15) is 14.4 Å². The Morgan fingerprint density at radius 2 is 1.74 bits per heavy atom. The molecule has 3 rings (SSSR count). The Morgan fingerprint density at radius 1 is 1.08 bits per heavy atom. The lowest BCUT2D eigenvalue weighted by atomic mass is 9.73. The topological polar surface area (TPSA) is 117 Å². The van der Waals surface area contributed by atoms with Crippen molar-refractivity contribution in [1.82, 2.24) is 15.5 Å². The largest absolute Gasteiger partial charge is 0.480 e. The summed E-state index contributed by atoms with van der Waals surface area (Å²) in [5, 5.41) is 15.4. The number of nitrogens with zero attached hydrogens (tertiary/aromatic N) is 1. The van der Waals surface area contributed by atoms with E-state index < -0.39 is 31.0 Å². The Bertz CT molecular complexity index is 1120. The van der Waals surface area contributed by atoms with Crippen LogP contribution >= 0.6 is 27.5 Å². The van der Waals surface area contributed by atoms with Gasteiger partial charge < -0.3 is 25.0 Å². The van der Waals surface area contributed by atoms with E-state index in [1.165, 1.54) is 0 Å². The van der Waals surface area contributed by atoms with Crippen LogP contribution in [0.4, 0.5) is 0 Å². The van der Waals surface area contributed by atoms with Gasteiger partial charge in [-0.05, 0) is 52.0 Å². The van der Waals surface area contributed by atoms with E-state index in [0.717, 1.165) is 5.56 Å². The zero-order valence-electron chi connectivity index (χ0n) is 22.1. The van der Waals surface area contributed by atoms with Gasteiger partial charge in [0.15, 0.2) is 0 Å². The van der Waals surface area contributed by atoms with Gasteiger partial charge in [0.25, 0.3) is 5.91 Å². The van der Waals surface area contributed by atoms with Crippen molar-refractivity contribution in [2.24, 2.45) is 5.92 Å². The van der Waals surface area contributed by atoms with E-state index >= 15 is 0 Å². The van der Waals surface area contributed by atoms with Gasteiger partial charge in [0.1, 0.15) is 6.04 Å². The molecule has 0 aromatic heterocycles. The van der Waals surface area contributed by atoms with E-state index in [0.29, 0.717) is 34.6 Å². The summed E-state index contributed by atoms with van der Waals surface area (Å²) in [4.78, 5) is 39.7. The van der Waals surface area contributed by atoms with Crippen molar-refractivity contribution in [3.8, 4) is 0 Å². The highest BCUT2D eigenvalue weighted by Crippen LogP contribution is 2.21. The molecule has 1 aliphatic heterocycles. The number of carboxylic acids is 1. The van der Waals surface area contributed by atoms with E-state index in [1.807, 2.05) is 44.2 Å². The molecule has 0 spiro atoms. The molecule has 9 nitrogen and oxygen atoms in total. The maximum absolute atomic E-state index is 13.7. The number of amides is 2. The molecule has 2 amide bonds. The van der Waals surface area contributed by atoms with Crippen LogP contribution in [0.5, 0.6) is 0 Å². The van der Waals surface area contributed by atoms with Gasteiger partial charge in [-0.3, -0.25) is 19.3 Å². The molecule has 210 valence electrons. The van der Waals surface area contributed by atoms with Gasteiger partial charge in [0.2, 0.25) is 5.91 Å². The Labute approximate surface area is 242 Å². The van der Waals surface area contributed by atoms with Crippen LogP contribution in [0.15, 0.2) is 53.0 Å². The fraction of sp³-hybridized carbons (Fsp3) is 0.444. The third-order valence-corrected chi connectivity index (χ3v) is 7.12. The van der Waals surface area contributed by atoms with Crippen molar-refractivity contribution in [3.05, 3.63) is 69.2 Å². The van der Waals surface area contributed by atoms with Crippen LogP contribution < -0.4 is 10.6 Å². The average molecular weight is 623 g/mol. The van der Waals surface area contributed by atoms with Crippen LogP contribution in [-0.2, 0) is 25.3 Å². The van der Waals surface area contributed by atoms with E-state index in [2.05, 4.69) is 26.6 Å². The van der Waals surface area contributed by atoms with Gasteiger partial charge in [-0.2, -0.15) is 0 Å². The molecule has 1 fully saturated rings. The van der Waals surface area contributed by atoms with Gasteiger partial charge in [-0.1, -0.05) is 55.8 Å². The molecule has 2 aromatic rings. The summed E-state index contributed by atoms with van der Waals surface area (Å²) in [5.74, 6) is -1.96. The van der Waals surface area contributed by atoms with E-state index in [-0.39, 0.29) is 38.0 Å². The van der Waals surface area contributed by atoms with Crippen molar-refractivity contribution < 1.29 is 28.8 Å². The van der Waals surface area contributed by atoms with Gasteiger partial charge in [-0.15, -0.1) is 0 Å². The number of carbonyl (C=O) groups excluding carboxylic acids is 2. The van der Waals surface area contributed by atoms with Gasteiger partial charge in [0, 0.05) is 42.2 Å². The molecule has 1 saturated heterocycles. The average Bonchev–Trinajstić information content (AvgIpc) is 2.86. The standard InChI is InChI=1S/C27H34BBrClN3O6/c1-18(2)14-24(28-38-12-10-33(11-13-39-28)17-25(34)35)32-27(37)23(15-19-6-4-3-5-7-19)31-26(36)21-16-20(30)8-9-22(21)29/h3-9,16,18,23-24H,10-15,17H2,1-2H3,(H,31,36)(H,32,37)(H,34,35)/t23-,24-/m0/s1. The number of hydrogen-bond acceptors (Lipinski definition) is 6. The first-order valence-corrected chi connectivity index (χ1v) is 14.1. The van der Waals surface area contributed by atoms with E-state index in [1.54, 1.807) is 23.1 Å². The molecule has 2 aromatic carbocycles. The van der Waals surface area contributed by atoms with Crippen molar-refractivity contribution in [1.29, 1.82) is 0 Å². The minimum atomic E-state index is -0.909. The van der Waals surface area contributed by atoms with Crippen LogP contribution in [0.3, 0.4) is 0 Å². The smallest absolute Gasteiger partial charge is 0.480 e. The number of carboxylic acid groups (broad SMARTS) is 1. The molecule has 1 heterocycles.